The maximum absolute atomic E-state index is 11.9. The van der Waals surface area contributed by atoms with Crippen LogP contribution in [0.4, 0.5) is 0 Å². The highest BCUT2D eigenvalue weighted by atomic mass is 35.5. The van der Waals surface area contributed by atoms with Crippen molar-refractivity contribution >= 4 is 29.3 Å². The van der Waals surface area contributed by atoms with Gasteiger partial charge in [0.2, 0.25) is 5.91 Å². The van der Waals surface area contributed by atoms with E-state index in [1.165, 1.54) is 0 Å². The molecule has 0 atom stereocenters. The van der Waals surface area contributed by atoms with Gasteiger partial charge < -0.3 is 14.8 Å². The molecule has 0 bridgehead atoms. The Morgan fingerprint density at radius 3 is 2.60 bits per heavy atom. The molecular weight excluding hydrogens is 358 g/mol. The van der Waals surface area contributed by atoms with E-state index < -0.39 is 0 Å². The van der Waals surface area contributed by atoms with Crippen molar-refractivity contribution in [3.05, 3.63) is 58.6 Å². The van der Waals surface area contributed by atoms with E-state index in [0.29, 0.717) is 23.8 Å². The summed E-state index contributed by atoms with van der Waals surface area (Å²) >= 11 is 7.66. The van der Waals surface area contributed by atoms with Crippen molar-refractivity contribution in [2.24, 2.45) is 0 Å². The van der Waals surface area contributed by atoms with E-state index >= 15 is 0 Å². The van der Waals surface area contributed by atoms with E-state index in [-0.39, 0.29) is 5.91 Å². The second-order valence-electron chi connectivity index (χ2n) is 5.37. The molecular formula is C19H22ClNO3S. The molecule has 6 heteroatoms. The molecule has 0 spiro atoms. The van der Waals surface area contributed by atoms with Crippen LogP contribution in [-0.2, 0) is 17.0 Å². The summed E-state index contributed by atoms with van der Waals surface area (Å²) in [4.78, 5) is 11.9. The number of ether oxygens (including phenoxy) is 2. The van der Waals surface area contributed by atoms with Crippen molar-refractivity contribution in [1.82, 2.24) is 5.32 Å². The summed E-state index contributed by atoms with van der Waals surface area (Å²) in [5.74, 6) is 2.56. The van der Waals surface area contributed by atoms with Crippen LogP contribution in [-0.4, -0.2) is 32.4 Å². The summed E-state index contributed by atoms with van der Waals surface area (Å²) in [6, 6.07) is 13.5. The number of amides is 1. The van der Waals surface area contributed by atoms with E-state index in [4.69, 9.17) is 21.1 Å². The fourth-order valence-corrected chi connectivity index (χ4v) is 3.45. The van der Waals surface area contributed by atoms with Gasteiger partial charge in [0.15, 0.2) is 11.5 Å². The molecule has 0 aromatic heterocycles. The molecule has 2 aromatic carbocycles. The van der Waals surface area contributed by atoms with Gasteiger partial charge >= 0.3 is 0 Å². The van der Waals surface area contributed by atoms with Gasteiger partial charge in [0.25, 0.3) is 0 Å². The lowest BCUT2D eigenvalue weighted by molar-refractivity contribution is -0.118. The fraction of sp³-hybridized carbons (Fsp3) is 0.316. The molecule has 1 N–H and O–H groups in total. The monoisotopic (exact) mass is 379 g/mol. The Hall–Kier alpha value is -1.85. The molecule has 0 saturated carbocycles. The maximum Gasteiger partial charge on any atom is 0.230 e. The summed E-state index contributed by atoms with van der Waals surface area (Å²) in [5, 5.41) is 3.67. The number of methoxy groups -OCH3 is 2. The Labute approximate surface area is 157 Å². The quantitative estimate of drug-likeness (QED) is 0.716. The van der Waals surface area contributed by atoms with E-state index in [0.717, 1.165) is 28.3 Å². The maximum atomic E-state index is 11.9. The Bertz CT molecular complexity index is 709. The van der Waals surface area contributed by atoms with Crippen LogP contribution in [0.1, 0.15) is 11.1 Å². The molecule has 25 heavy (non-hydrogen) atoms. The van der Waals surface area contributed by atoms with E-state index in [1.54, 1.807) is 26.0 Å². The molecule has 0 aliphatic carbocycles. The molecule has 0 radical (unpaired) electrons. The number of rotatable bonds is 9. The minimum atomic E-state index is 0.0255. The first-order chi connectivity index (χ1) is 12.1. The lowest BCUT2D eigenvalue weighted by Crippen LogP contribution is -2.27. The second kappa shape index (κ2) is 10.2. The van der Waals surface area contributed by atoms with Crippen LogP contribution in [0, 0.1) is 0 Å². The third kappa shape index (κ3) is 6.18. The first-order valence-electron chi connectivity index (χ1n) is 7.92. The number of thioether (sulfide) groups is 1. The number of hydrogen-bond donors (Lipinski definition) is 1. The number of benzene rings is 2. The molecule has 2 aromatic rings. The zero-order chi connectivity index (χ0) is 18.1. The van der Waals surface area contributed by atoms with Gasteiger partial charge in [-0.3, -0.25) is 4.79 Å². The summed E-state index contributed by atoms with van der Waals surface area (Å²) < 4.78 is 10.5. The van der Waals surface area contributed by atoms with Gasteiger partial charge in [-0.15, -0.1) is 11.8 Å². The van der Waals surface area contributed by atoms with Crippen molar-refractivity contribution < 1.29 is 14.3 Å². The predicted octanol–water partition coefficient (Wildman–Crippen LogP) is 3.95. The molecule has 0 heterocycles. The van der Waals surface area contributed by atoms with Gasteiger partial charge in [0.05, 0.1) is 20.0 Å². The van der Waals surface area contributed by atoms with Gasteiger partial charge in [0.1, 0.15) is 0 Å². The third-order valence-electron chi connectivity index (χ3n) is 3.63. The van der Waals surface area contributed by atoms with Gasteiger partial charge in [-0.2, -0.15) is 0 Å². The van der Waals surface area contributed by atoms with Crippen LogP contribution in [0.3, 0.4) is 0 Å². The van der Waals surface area contributed by atoms with Gasteiger partial charge in [0, 0.05) is 17.3 Å². The molecule has 0 unspecified atom stereocenters. The minimum Gasteiger partial charge on any atom is -0.493 e. The Morgan fingerprint density at radius 1 is 1.12 bits per heavy atom. The normalized spacial score (nSPS) is 10.4. The largest absolute Gasteiger partial charge is 0.493 e. The van der Waals surface area contributed by atoms with Crippen LogP contribution in [0.5, 0.6) is 11.5 Å². The van der Waals surface area contributed by atoms with Crippen molar-refractivity contribution in [2.45, 2.75) is 12.2 Å². The summed E-state index contributed by atoms with van der Waals surface area (Å²) in [5.41, 5.74) is 2.13. The van der Waals surface area contributed by atoms with Crippen LogP contribution < -0.4 is 14.8 Å². The van der Waals surface area contributed by atoms with Crippen molar-refractivity contribution in [1.29, 1.82) is 0 Å². The lowest BCUT2D eigenvalue weighted by atomic mass is 10.1. The van der Waals surface area contributed by atoms with Crippen molar-refractivity contribution in [2.75, 3.05) is 26.5 Å². The van der Waals surface area contributed by atoms with Crippen molar-refractivity contribution in [3.63, 3.8) is 0 Å². The van der Waals surface area contributed by atoms with Gasteiger partial charge in [-0.05, 0) is 35.7 Å². The topological polar surface area (TPSA) is 47.6 Å². The predicted molar refractivity (Wildman–Crippen MR) is 104 cm³/mol. The highest BCUT2D eigenvalue weighted by Gasteiger charge is 2.06. The van der Waals surface area contributed by atoms with Crippen LogP contribution in [0.15, 0.2) is 42.5 Å². The first kappa shape index (κ1) is 19.5. The van der Waals surface area contributed by atoms with Crippen molar-refractivity contribution in [3.8, 4) is 11.5 Å². The highest BCUT2D eigenvalue weighted by molar-refractivity contribution is 7.99. The molecule has 0 fully saturated rings. The first-order valence-corrected chi connectivity index (χ1v) is 9.46. The molecule has 2 rings (SSSR count). The van der Waals surface area contributed by atoms with Gasteiger partial charge in [-0.25, -0.2) is 0 Å². The highest BCUT2D eigenvalue weighted by Crippen LogP contribution is 2.27. The average Bonchev–Trinajstić information content (AvgIpc) is 2.63. The number of halogens is 1. The molecule has 0 saturated heterocycles. The number of carbonyl (C=O) groups is 1. The summed E-state index contributed by atoms with van der Waals surface area (Å²) in [7, 11) is 3.22. The zero-order valence-electron chi connectivity index (χ0n) is 14.4. The Kier molecular flexibility index (Phi) is 7.95. The zero-order valence-corrected chi connectivity index (χ0v) is 16.0. The van der Waals surface area contributed by atoms with E-state index in [2.05, 4.69) is 5.32 Å². The standard InChI is InChI=1S/C19H22ClNO3S/c1-23-17-8-7-14(11-18(17)24-2)9-10-21-19(22)13-25-12-15-5-3-4-6-16(15)20/h3-8,11H,9-10,12-13H2,1-2H3,(H,21,22). The van der Waals surface area contributed by atoms with E-state index in [1.807, 2.05) is 42.5 Å². The summed E-state index contributed by atoms with van der Waals surface area (Å²) in [6.07, 6.45) is 0.737. The lowest BCUT2D eigenvalue weighted by Gasteiger charge is -2.10. The van der Waals surface area contributed by atoms with Crippen LogP contribution in [0.25, 0.3) is 0 Å². The van der Waals surface area contributed by atoms with Crippen LogP contribution >= 0.6 is 23.4 Å². The minimum absolute atomic E-state index is 0.0255. The molecule has 134 valence electrons. The SMILES string of the molecule is COc1ccc(CCNC(=O)CSCc2ccccc2Cl)cc1OC. The average molecular weight is 380 g/mol. The third-order valence-corrected chi connectivity index (χ3v) is 4.98. The molecule has 1 amide bonds. The van der Waals surface area contributed by atoms with Crippen LogP contribution in [0.2, 0.25) is 5.02 Å². The van der Waals surface area contributed by atoms with Gasteiger partial charge in [-0.1, -0.05) is 35.9 Å². The van der Waals surface area contributed by atoms with E-state index in [9.17, 15) is 4.79 Å². The smallest absolute Gasteiger partial charge is 0.230 e. The Balaban J connectivity index is 1.71. The molecule has 0 aliphatic heterocycles. The molecule has 4 nitrogen and oxygen atoms in total. The summed E-state index contributed by atoms with van der Waals surface area (Å²) in [6.45, 7) is 0.584. The fourth-order valence-electron chi connectivity index (χ4n) is 2.30. The number of nitrogens with one attached hydrogen (secondary N) is 1. The Morgan fingerprint density at radius 2 is 1.88 bits per heavy atom. The number of hydrogen-bond acceptors (Lipinski definition) is 4. The second-order valence-corrected chi connectivity index (χ2v) is 6.77. The number of carbonyl (C=O) groups excluding carboxylic acids is 1. The molecule has 0 aliphatic rings.